The first kappa shape index (κ1) is 24.3. The molecule has 3 rings (SSSR count). The second-order valence-electron chi connectivity index (χ2n) is 8.54. The standard InChI is InChI=1S/C26H32N2O5/c1-19-13-15-28(16-14-19)24(29)20(2)33-25(30)23(17-21-9-5-3-6-10-21)27-26(31)32-18-22-11-7-4-8-12-22/h3-12,19-20,23H,13-18H2,1-2H3,(H,27,31). The Morgan fingerprint density at radius 2 is 1.55 bits per heavy atom. The third-order valence-electron chi connectivity index (χ3n) is 5.81. The summed E-state index contributed by atoms with van der Waals surface area (Å²) in [5.41, 5.74) is 1.69. The van der Waals surface area contributed by atoms with E-state index >= 15 is 0 Å². The summed E-state index contributed by atoms with van der Waals surface area (Å²) in [5.74, 6) is -0.282. The lowest BCUT2D eigenvalue weighted by Gasteiger charge is -2.32. The molecule has 0 aromatic heterocycles. The van der Waals surface area contributed by atoms with E-state index in [0.717, 1.165) is 24.0 Å². The molecule has 2 atom stereocenters. The van der Waals surface area contributed by atoms with Crippen LogP contribution in [0.25, 0.3) is 0 Å². The Labute approximate surface area is 195 Å². The third-order valence-corrected chi connectivity index (χ3v) is 5.81. The quantitative estimate of drug-likeness (QED) is 0.617. The van der Waals surface area contributed by atoms with Crippen molar-refractivity contribution in [1.82, 2.24) is 10.2 Å². The van der Waals surface area contributed by atoms with Gasteiger partial charge in [-0.3, -0.25) is 4.79 Å². The van der Waals surface area contributed by atoms with Crippen molar-refractivity contribution in [2.24, 2.45) is 5.92 Å². The van der Waals surface area contributed by atoms with Crippen LogP contribution in [0.2, 0.25) is 0 Å². The Morgan fingerprint density at radius 3 is 2.15 bits per heavy atom. The van der Waals surface area contributed by atoms with E-state index in [1.807, 2.05) is 60.7 Å². The molecule has 2 amide bonds. The van der Waals surface area contributed by atoms with Gasteiger partial charge in [0, 0.05) is 19.5 Å². The molecule has 2 aromatic carbocycles. The highest BCUT2D eigenvalue weighted by Gasteiger charge is 2.30. The molecule has 1 saturated heterocycles. The molecule has 2 aromatic rings. The number of likely N-dealkylation sites (tertiary alicyclic amines) is 1. The Morgan fingerprint density at radius 1 is 0.970 bits per heavy atom. The van der Waals surface area contributed by atoms with Gasteiger partial charge in [-0.2, -0.15) is 0 Å². The number of benzene rings is 2. The summed E-state index contributed by atoms with van der Waals surface area (Å²) in [6.07, 6.45) is 0.463. The number of amides is 2. The summed E-state index contributed by atoms with van der Waals surface area (Å²) in [7, 11) is 0. The van der Waals surface area contributed by atoms with E-state index < -0.39 is 24.2 Å². The van der Waals surface area contributed by atoms with Crippen LogP contribution >= 0.6 is 0 Å². The Balaban J connectivity index is 1.60. The van der Waals surface area contributed by atoms with Crippen LogP contribution < -0.4 is 5.32 Å². The normalized spacial score (nSPS) is 15.9. The molecule has 7 heteroatoms. The number of carbonyl (C=O) groups excluding carboxylic acids is 3. The topological polar surface area (TPSA) is 84.9 Å². The van der Waals surface area contributed by atoms with Crippen LogP contribution in [0, 0.1) is 5.92 Å². The molecule has 0 bridgehead atoms. The molecule has 2 unspecified atom stereocenters. The van der Waals surface area contributed by atoms with Crippen molar-refractivity contribution in [2.45, 2.75) is 51.9 Å². The van der Waals surface area contributed by atoms with Crippen molar-refractivity contribution in [2.75, 3.05) is 13.1 Å². The summed E-state index contributed by atoms with van der Waals surface area (Å²) < 4.78 is 10.8. The van der Waals surface area contributed by atoms with Crippen LogP contribution in [0.3, 0.4) is 0 Å². The lowest BCUT2D eigenvalue weighted by Crippen LogP contribution is -2.48. The summed E-state index contributed by atoms with van der Waals surface area (Å²) >= 11 is 0. The van der Waals surface area contributed by atoms with E-state index in [2.05, 4.69) is 12.2 Å². The minimum atomic E-state index is -0.979. The van der Waals surface area contributed by atoms with Crippen molar-refractivity contribution in [3.8, 4) is 0 Å². The molecule has 7 nitrogen and oxygen atoms in total. The molecule has 0 spiro atoms. The van der Waals surface area contributed by atoms with Gasteiger partial charge in [0.25, 0.3) is 5.91 Å². The molecule has 0 saturated carbocycles. The minimum Gasteiger partial charge on any atom is -0.451 e. The van der Waals surface area contributed by atoms with Crippen molar-refractivity contribution < 1.29 is 23.9 Å². The first-order valence-electron chi connectivity index (χ1n) is 11.4. The second kappa shape index (κ2) is 12.0. The Bertz CT molecular complexity index is 911. The van der Waals surface area contributed by atoms with Gasteiger partial charge in [-0.25, -0.2) is 9.59 Å². The molecule has 33 heavy (non-hydrogen) atoms. The van der Waals surface area contributed by atoms with Crippen molar-refractivity contribution in [1.29, 1.82) is 0 Å². The SMILES string of the molecule is CC1CCN(C(=O)C(C)OC(=O)C(Cc2ccccc2)NC(=O)OCc2ccccc2)CC1. The largest absolute Gasteiger partial charge is 0.451 e. The average molecular weight is 453 g/mol. The number of nitrogens with one attached hydrogen (secondary N) is 1. The minimum absolute atomic E-state index is 0.0854. The van der Waals surface area contributed by atoms with Crippen LogP contribution in [0.4, 0.5) is 4.79 Å². The zero-order valence-electron chi connectivity index (χ0n) is 19.2. The van der Waals surface area contributed by atoms with E-state index in [1.54, 1.807) is 11.8 Å². The number of alkyl carbamates (subject to hydrolysis) is 1. The monoisotopic (exact) mass is 452 g/mol. The smallest absolute Gasteiger partial charge is 0.408 e. The predicted octanol–water partition coefficient (Wildman–Crippen LogP) is 3.71. The van der Waals surface area contributed by atoms with Crippen LogP contribution in [-0.4, -0.2) is 48.1 Å². The molecular weight excluding hydrogens is 420 g/mol. The Hall–Kier alpha value is -3.35. The molecule has 1 N–H and O–H groups in total. The van der Waals surface area contributed by atoms with Crippen LogP contribution in [0.15, 0.2) is 60.7 Å². The van der Waals surface area contributed by atoms with Crippen LogP contribution in [0.1, 0.15) is 37.8 Å². The predicted molar refractivity (Wildman–Crippen MR) is 124 cm³/mol. The van der Waals surface area contributed by atoms with Gasteiger partial charge >= 0.3 is 12.1 Å². The first-order valence-corrected chi connectivity index (χ1v) is 11.4. The molecular formula is C26H32N2O5. The maximum absolute atomic E-state index is 12.9. The van der Waals surface area contributed by atoms with Gasteiger partial charge in [0.05, 0.1) is 0 Å². The summed E-state index contributed by atoms with van der Waals surface area (Å²) in [6, 6.07) is 17.6. The van der Waals surface area contributed by atoms with E-state index in [4.69, 9.17) is 9.47 Å². The number of hydrogen-bond acceptors (Lipinski definition) is 5. The maximum Gasteiger partial charge on any atom is 0.408 e. The van der Waals surface area contributed by atoms with E-state index in [0.29, 0.717) is 19.0 Å². The number of nitrogens with zero attached hydrogens (tertiary/aromatic N) is 1. The fraction of sp³-hybridized carbons (Fsp3) is 0.423. The van der Waals surface area contributed by atoms with Gasteiger partial charge in [0.15, 0.2) is 6.10 Å². The summed E-state index contributed by atoms with van der Waals surface area (Å²) in [5, 5.41) is 2.60. The van der Waals surface area contributed by atoms with Gasteiger partial charge in [-0.15, -0.1) is 0 Å². The van der Waals surface area contributed by atoms with Gasteiger partial charge in [0.2, 0.25) is 0 Å². The highest BCUT2D eigenvalue weighted by Crippen LogP contribution is 2.17. The summed E-state index contributed by atoms with van der Waals surface area (Å²) in [6.45, 7) is 5.16. The lowest BCUT2D eigenvalue weighted by molar-refractivity contribution is -0.161. The molecule has 1 heterocycles. The summed E-state index contributed by atoms with van der Waals surface area (Å²) in [4.78, 5) is 39.8. The molecule has 0 radical (unpaired) electrons. The second-order valence-corrected chi connectivity index (χ2v) is 8.54. The van der Waals surface area contributed by atoms with Crippen molar-refractivity contribution in [3.63, 3.8) is 0 Å². The zero-order valence-corrected chi connectivity index (χ0v) is 19.2. The highest BCUT2D eigenvalue weighted by molar-refractivity contribution is 5.86. The Kier molecular flexibility index (Phi) is 8.87. The number of ether oxygens (including phenoxy) is 2. The van der Waals surface area contributed by atoms with E-state index in [1.165, 1.54) is 0 Å². The first-order chi connectivity index (χ1) is 15.9. The number of piperidine rings is 1. The molecule has 0 aliphatic carbocycles. The van der Waals surface area contributed by atoms with Gasteiger partial charge in [-0.05, 0) is 36.8 Å². The van der Waals surface area contributed by atoms with Gasteiger partial charge in [-0.1, -0.05) is 67.6 Å². The van der Waals surface area contributed by atoms with E-state index in [9.17, 15) is 14.4 Å². The molecule has 1 fully saturated rings. The number of hydrogen-bond donors (Lipinski definition) is 1. The van der Waals surface area contributed by atoms with Crippen LogP contribution in [0.5, 0.6) is 0 Å². The average Bonchev–Trinajstić information content (AvgIpc) is 2.83. The van der Waals surface area contributed by atoms with Crippen molar-refractivity contribution >= 4 is 18.0 Å². The van der Waals surface area contributed by atoms with Gasteiger partial charge < -0.3 is 19.7 Å². The number of rotatable bonds is 8. The molecule has 1 aliphatic rings. The van der Waals surface area contributed by atoms with Gasteiger partial charge in [0.1, 0.15) is 12.6 Å². The third kappa shape index (κ3) is 7.63. The van der Waals surface area contributed by atoms with E-state index in [-0.39, 0.29) is 18.9 Å². The lowest BCUT2D eigenvalue weighted by atomic mass is 9.99. The molecule has 1 aliphatic heterocycles. The number of carbonyl (C=O) groups is 3. The highest BCUT2D eigenvalue weighted by atomic mass is 16.6. The maximum atomic E-state index is 12.9. The van der Waals surface area contributed by atoms with Crippen molar-refractivity contribution in [3.05, 3.63) is 71.8 Å². The fourth-order valence-electron chi connectivity index (χ4n) is 3.74. The number of esters is 1. The van der Waals surface area contributed by atoms with Crippen LogP contribution in [-0.2, 0) is 32.1 Å². The fourth-order valence-corrected chi connectivity index (χ4v) is 3.74. The zero-order chi connectivity index (χ0) is 23.6. The molecule has 176 valence electrons.